The quantitative estimate of drug-likeness (QED) is 0.847. The van der Waals surface area contributed by atoms with Crippen LogP contribution in [-0.2, 0) is 6.42 Å². The number of hydrogen-bond donors (Lipinski definition) is 1. The minimum Gasteiger partial charge on any atom is -0.325 e. The molecule has 0 radical (unpaired) electrons. The van der Waals surface area contributed by atoms with E-state index in [9.17, 15) is 9.59 Å². The van der Waals surface area contributed by atoms with Gasteiger partial charge in [0.15, 0.2) is 0 Å². The van der Waals surface area contributed by atoms with Gasteiger partial charge in [-0.15, -0.1) is 11.3 Å². The highest BCUT2D eigenvalue weighted by atomic mass is 32.1. The minimum atomic E-state index is -0.121. The number of H-pyrrole nitrogens is 1. The molecule has 0 fully saturated rings. The maximum absolute atomic E-state index is 12.2. The zero-order chi connectivity index (χ0) is 12.4. The van der Waals surface area contributed by atoms with E-state index >= 15 is 0 Å². The molecule has 0 bridgehead atoms. The smallest absolute Gasteiger partial charge is 0.251 e. The van der Waals surface area contributed by atoms with Crippen LogP contribution >= 0.6 is 11.3 Å². The van der Waals surface area contributed by atoms with Crippen molar-refractivity contribution < 1.29 is 4.79 Å². The molecule has 88 valence electrons. The average Bonchev–Trinajstić information content (AvgIpc) is 2.84. The third-order valence-corrected chi connectivity index (χ3v) is 3.52. The van der Waals surface area contributed by atoms with Crippen molar-refractivity contribution in [3.63, 3.8) is 0 Å². The Morgan fingerprint density at radius 2 is 2.24 bits per heavy atom. The lowest BCUT2D eigenvalue weighted by molar-refractivity contribution is 0.104. The number of aromatic amines is 1. The summed E-state index contributed by atoms with van der Waals surface area (Å²) in [6, 6.07) is 5.33. The summed E-state index contributed by atoms with van der Waals surface area (Å²) in [5.74, 6) is -0.0174. The highest BCUT2D eigenvalue weighted by Crippen LogP contribution is 2.17. The summed E-state index contributed by atoms with van der Waals surface area (Å²) >= 11 is 1.41. The molecule has 2 aromatic heterocycles. The Bertz CT molecular complexity index is 596. The number of hydrogen-bond acceptors (Lipinski definition) is 3. The second-order valence-electron chi connectivity index (χ2n) is 3.83. The standard InChI is InChI=1S/C13H13NO2S/c1-3-10-9(7-8(2)13(16)14-10)12(15)11-5-4-6-17-11/h4-7H,3H2,1-2H3,(H,14,16). The lowest BCUT2D eigenvalue weighted by Crippen LogP contribution is -2.16. The van der Waals surface area contributed by atoms with Gasteiger partial charge in [-0.3, -0.25) is 9.59 Å². The molecular weight excluding hydrogens is 234 g/mol. The zero-order valence-electron chi connectivity index (χ0n) is 9.74. The van der Waals surface area contributed by atoms with Crippen molar-refractivity contribution >= 4 is 17.1 Å². The molecular formula is C13H13NO2S. The molecule has 0 unspecified atom stereocenters. The highest BCUT2D eigenvalue weighted by molar-refractivity contribution is 7.12. The molecule has 0 spiro atoms. The maximum atomic E-state index is 12.2. The SMILES string of the molecule is CCc1[nH]c(=O)c(C)cc1C(=O)c1cccs1. The Hall–Kier alpha value is -1.68. The van der Waals surface area contributed by atoms with E-state index in [-0.39, 0.29) is 11.3 Å². The third kappa shape index (κ3) is 2.22. The first kappa shape index (κ1) is 11.8. The van der Waals surface area contributed by atoms with E-state index < -0.39 is 0 Å². The van der Waals surface area contributed by atoms with Gasteiger partial charge in [-0.2, -0.15) is 0 Å². The fourth-order valence-electron chi connectivity index (χ4n) is 1.69. The molecule has 0 aliphatic carbocycles. The van der Waals surface area contributed by atoms with Crippen LogP contribution in [-0.4, -0.2) is 10.8 Å². The fraction of sp³-hybridized carbons (Fsp3) is 0.231. The van der Waals surface area contributed by atoms with Gasteiger partial charge in [0, 0.05) is 16.8 Å². The van der Waals surface area contributed by atoms with Crippen LogP contribution in [0.5, 0.6) is 0 Å². The molecule has 0 amide bonds. The van der Waals surface area contributed by atoms with Crippen LogP contribution in [0.15, 0.2) is 28.4 Å². The molecule has 0 aliphatic heterocycles. The first-order valence-corrected chi connectivity index (χ1v) is 6.32. The topological polar surface area (TPSA) is 49.9 Å². The number of nitrogens with one attached hydrogen (secondary N) is 1. The molecule has 3 nitrogen and oxygen atoms in total. The van der Waals surface area contributed by atoms with E-state index in [1.165, 1.54) is 11.3 Å². The van der Waals surface area contributed by atoms with Crippen molar-refractivity contribution in [1.82, 2.24) is 4.98 Å². The van der Waals surface area contributed by atoms with Crippen molar-refractivity contribution in [2.45, 2.75) is 20.3 Å². The molecule has 4 heteroatoms. The molecule has 17 heavy (non-hydrogen) atoms. The minimum absolute atomic E-state index is 0.0174. The number of carbonyl (C=O) groups excluding carboxylic acids is 1. The Balaban J connectivity index is 2.55. The van der Waals surface area contributed by atoms with Gasteiger partial charge in [-0.05, 0) is 30.9 Å². The highest BCUT2D eigenvalue weighted by Gasteiger charge is 2.15. The number of pyridine rings is 1. The molecule has 0 saturated heterocycles. The monoisotopic (exact) mass is 247 g/mol. The van der Waals surface area contributed by atoms with Crippen LogP contribution < -0.4 is 5.56 Å². The summed E-state index contributed by atoms with van der Waals surface area (Å²) < 4.78 is 0. The van der Waals surface area contributed by atoms with Gasteiger partial charge in [0.1, 0.15) is 0 Å². The second-order valence-corrected chi connectivity index (χ2v) is 4.78. The molecule has 2 heterocycles. The molecule has 2 aromatic rings. The summed E-state index contributed by atoms with van der Waals surface area (Å²) in [6.07, 6.45) is 0.641. The molecule has 0 aliphatic rings. The molecule has 0 aromatic carbocycles. The van der Waals surface area contributed by atoms with E-state index in [0.29, 0.717) is 28.1 Å². The van der Waals surface area contributed by atoms with E-state index in [1.54, 1.807) is 19.1 Å². The zero-order valence-corrected chi connectivity index (χ0v) is 10.6. The van der Waals surface area contributed by atoms with Crippen molar-refractivity contribution in [2.24, 2.45) is 0 Å². The third-order valence-electron chi connectivity index (χ3n) is 2.65. The van der Waals surface area contributed by atoms with Gasteiger partial charge in [-0.25, -0.2) is 0 Å². The van der Waals surface area contributed by atoms with Gasteiger partial charge in [0.2, 0.25) is 5.78 Å². The second kappa shape index (κ2) is 4.67. The van der Waals surface area contributed by atoms with Crippen molar-refractivity contribution in [3.8, 4) is 0 Å². The molecule has 1 N–H and O–H groups in total. The number of rotatable bonds is 3. The summed E-state index contributed by atoms with van der Waals surface area (Å²) in [4.78, 5) is 27.2. The Labute approximate surface area is 103 Å². The lowest BCUT2D eigenvalue weighted by atomic mass is 10.0. The predicted molar refractivity (Wildman–Crippen MR) is 68.9 cm³/mol. The van der Waals surface area contributed by atoms with E-state index in [0.717, 1.165) is 0 Å². The Morgan fingerprint density at radius 3 is 2.82 bits per heavy atom. The number of aryl methyl sites for hydroxylation is 2. The van der Waals surface area contributed by atoms with Gasteiger partial charge >= 0.3 is 0 Å². The summed E-state index contributed by atoms with van der Waals surface area (Å²) in [6.45, 7) is 3.63. The van der Waals surface area contributed by atoms with Gasteiger partial charge in [-0.1, -0.05) is 13.0 Å². The number of carbonyl (C=O) groups is 1. The predicted octanol–water partition coefficient (Wildman–Crippen LogP) is 2.54. The summed E-state index contributed by atoms with van der Waals surface area (Å²) in [5, 5.41) is 1.87. The van der Waals surface area contributed by atoms with Crippen LogP contribution in [0.25, 0.3) is 0 Å². The van der Waals surface area contributed by atoms with Crippen LogP contribution in [0.3, 0.4) is 0 Å². The molecule has 0 atom stereocenters. The van der Waals surface area contributed by atoms with E-state index in [2.05, 4.69) is 4.98 Å². The van der Waals surface area contributed by atoms with Crippen LogP contribution in [0.1, 0.15) is 33.4 Å². The van der Waals surface area contributed by atoms with Gasteiger partial charge in [0.25, 0.3) is 5.56 Å². The summed E-state index contributed by atoms with van der Waals surface area (Å²) in [5.41, 5.74) is 1.76. The van der Waals surface area contributed by atoms with Gasteiger partial charge < -0.3 is 4.98 Å². The first-order valence-electron chi connectivity index (χ1n) is 5.44. The van der Waals surface area contributed by atoms with Crippen molar-refractivity contribution in [1.29, 1.82) is 0 Å². The van der Waals surface area contributed by atoms with Crippen molar-refractivity contribution in [2.75, 3.05) is 0 Å². The van der Waals surface area contributed by atoms with E-state index in [4.69, 9.17) is 0 Å². The first-order chi connectivity index (χ1) is 8.13. The largest absolute Gasteiger partial charge is 0.325 e. The number of aromatic nitrogens is 1. The molecule has 2 rings (SSSR count). The van der Waals surface area contributed by atoms with Crippen LogP contribution in [0.2, 0.25) is 0 Å². The van der Waals surface area contributed by atoms with Crippen molar-refractivity contribution in [3.05, 3.63) is 55.6 Å². The van der Waals surface area contributed by atoms with Gasteiger partial charge in [0.05, 0.1) is 4.88 Å². The maximum Gasteiger partial charge on any atom is 0.251 e. The Kier molecular flexibility index (Phi) is 3.24. The van der Waals surface area contributed by atoms with Crippen LogP contribution in [0, 0.1) is 6.92 Å². The van der Waals surface area contributed by atoms with Crippen LogP contribution in [0.4, 0.5) is 0 Å². The number of thiophene rings is 1. The lowest BCUT2D eigenvalue weighted by Gasteiger charge is -2.06. The fourth-order valence-corrected chi connectivity index (χ4v) is 2.37. The average molecular weight is 247 g/mol. The summed E-state index contributed by atoms with van der Waals surface area (Å²) in [7, 11) is 0. The molecule has 0 saturated carbocycles. The van der Waals surface area contributed by atoms with E-state index in [1.807, 2.05) is 18.4 Å². The normalized spacial score (nSPS) is 10.5. The number of ketones is 1. The Morgan fingerprint density at radius 1 is 1.47 bits per heavy atom.